The minimum absolute atomic E-state index is 0.282. The van der Waals surface area contributed by atoms with E-state index in [1.54, 1.807) is 6.07 Å². The Labute approximate surface area is 146 Å². The number of benzene rings is 2. The van der Waals surface area contributed by atoms with E-state index in [2.05, 4.69) is 5.32 Å². The van der Waals surface area contributed by atoms with Gasteiger partial charge in [-0.2, -0.15) is 0 Å². The van der Waals surface area contributed by atoms with Gasteiger partial charge in [0.05, 0.1) is 12.2 Å². The zero-order valence-corrected chi connectivity index (χ0v) is 14.5. The molecular formula is C20H20N2O3. The molecule has 1 aliphatic rings. The standard InChI is InChI=1S/C20H20N2O3/c1-4-25-16-7-5-6-15(12-16)21-18-17(19(23)22(3)20(18)24)14-10-8-13(2)9-11-14/h5-12,21H,4H2,1-3H3. The monoisotopic (exact) mass is 336 g/mol. The van der Waals surface area contributed by atoms with E-state index in [-0.39, 0.29) is 17.5 Å². The van der Waals surface area contributed by atoms with Crippen LogP contribution in [0, 0.1) is 6.92 Å². The zero-order valence-electron chi connectivity index (χ0n) is 14.5. The van der Waals surface area contributed by atoms with Gasteiger partial charge in [-0.25, -0.2) is 0 Å². The van der Waals surface area contributed by atoms with Crippen LogP contribution in [0.4, 0.5) is 5.69 Å². The molecule has 5 heteroatoms. The Morgan fingerprint density at radius 2 is 1.76 bits per heavy atom. The molecule has 0 atom stereocenters. The van der Waals surface area contributed by atoms with Gasteiger partial charge < -0.3 is 10.1 Å². The number of anilines is 1. The van der Waals surface area contributed by atoms with Crippen molar-refractivity contribution in [3.8, 4) is 5.75 Å². The molecule has 3 rings (SSSR count). The van der Waals surface area contributed by atoms with Crippen LogP contribution in [0.5, 0.6) is 5.75 Å². The Bertz CT molecular complexity index is 853. The number of rotatable bonds is 5. The maximum absolute atomic E-state index is 12.6. The van der Waals surface area contributed by atoms with E-state index in [0.29, 0.717) is 23.6 Å². The number of nitrogens with zero attached hydrogens (tertiary/aromatic N) is 1. The van der Waals surface area contributed by atoms with Gasteiger partial charge in [-0.15, -0.1) is 0 Å². The largest absolute Gasteiger partial charge is 0.494 e. The molecular weight excluding hydrogens is 316 g/mol. The highest BCUT2D eigenvalue weighted by atomic mass is 16.5. The van der Waals surface area contributed by atoms with E-state index in [1.807, 2.05) is 56.3 Å². The van der Waals surface area contributed by atoms with Crippen molar-refractivity contribution in [3.05, 3.63) is 65.4 Å². The molecule has 0 aliphatic carbocycles. The van der Waals surface area contributed by atoms with E-state index < -0.39 is 0 Å². The van der Waals surface area contributed by atoms with Crippen molar-refractivity contribution in [2.75, 3.05) is 19.0 Å². The maximum Gasteiger partial charge on any atom is 0.277 e. The highest BCUT2D eigenvalue weighted by Gasteiger charge is 2.36. The van der Waals surface area contributed by atoms with E-state index in [0.717, 1.165) is 16.0 Å². The van der Waals surface area contributed by atoms with E-state index >= 15 is 0 Å². The Kier molecular flexibility index (Phi) is 4.57. The average Bonchev–Trinajstić information content (AvgIpc) is 2.81. The highest BCUT2D eigenvalue weighted by Crippen LogP contribution is 2.30. The van der Waals surface area contributed by atoms with Crippen molar-refractivity contribution in [2.24, 2.45) is 0 Å². The fraction of sp³-hybridized carbons (Fsp3) is 0.200. The van der Waals surface area contributed by atoms with Crippen LogP contribution in [0.25, 0.3) is 5.57 Å². The first kappa shape index (κ1) is 16.8. The molecule has 0 spiro atoms. The average molecular weight is 336 g/mol. The Hall–Kier alpha value is -3.08. The summed E-state index contributed by atoms with van der Waals surface area (Å²) in [5.41, 5.74) is 3.17. The van der Waals surface area contributed by atoms with Crippen LogP contribution < -0.4 is 10.1 Å². The Morgan fingerprint density at radius 3 is 2.44 bits per heavy atom. The number of likely N-dealkylation sites (N-methyl/N-ethyl adjacent to an activating group) is 1. The van der Waals surface area contributed by atoms with Crippen molar-refractivity contribution < 1.29 is 14.3 Å². The third kappa shape index (κ3) is 3.26. The molecule has 0 bridgehead atoms. The molecule has 25 heavy (non-hydrogen) atoms. The van der Waals surface area contributed by atoms with Crippen molar-refractivity contribution in [3.63, 3.8) is 0 Å². The van der Waals surface area contributed by atoms with Gasteiger partial charge >= 0.3 is 0 Å². The predicted molar refractivity (Wildman–Crippen MR) is 97.1 cm³/mol. The molecule has 0 saturated carbocycles. The quantitative estimate of drug-likeness (QED) is 0.852. The van der Waals surface area contributed by atoms with Crippen molar-refractivity contribution >= 4 is 23.1 Å². The van der Waals surface area contributed by atoms with Gasteiger partial charge in [-0.3, -0.25) is 14.5 Å². The van der Waals surface area contributed by atoms with Crippen LogP contribution in [0.3, 0.4) is 0 Å². The fourth-order valence-electron chi connectivity index (χ4n) is 2.72. The van der Waals surface area contributed by atoms with Crippen LogP contribution in [0.2, 0.25) is 0 Å². The molecule has 0 aromatic heterocycles. The molecule has 1 aliphatic heterocycles. The maximum atomic E-state index is 12.6. The third-order valence-electron chi connectivity index (χ3n) is 4.04. The first-order valence-corrected chi connectivity index (χ1v) is 8.15. The minimum atomic E-state index is -0.345. The summed E-state index contributed by atoms with van der Waals surface area (Å²) in [6.45, 7) is 4.44. The normalized spacial score (nSPS) is 14.3. The van der Waals surface area contributed by atoms with Gasteiger partial charge in [0.1, 0.15) is 11.4 Å². The van der Waals surface area contributed by atoms with Crippen molar-refractivity contribution in [1.82, 2.24) is 4.90 Å². The second-order valence-electron chi connectivity index (χ2n) is 5.87. The van der Waals surface area contributed by atoms with Crippen LogP contribution in [0.15, 0.2) is 54.2 Å². The number of carbonyl (C=O) groups excluding carboxylic acids is 2. The molecule has 2 amide bonds. The second kappa shape index (κ2) is 6.81. The van der Waals surface area contributed by atoms with E-state index in [1.165, 1.54) is 7.05 Å². The Morgan fingerprint density at radius 1 is 1.04 bits per heavy atom. The molecule has 2 aromatic carbocycles. The zero-order chi connectivity index (χ0) is 18.0. The number of nitrogens with one attached hydrogen (secondary N) is 1. The van der Waals surface area contributed by atoms with Gasteiger partial charge in [0.25, 0.3) is 11.8 Å². The number of ether oxygens (including phenoxy) is 1. The molecule has 128 valence electrons. The lowest BCUT2D eigenvalue weighted by molar-refractivity contribution is -0.135. The van der Waals surface area contributed by atoms with Crippen LogP contribution >= 0.6 is 0 Å². The van der Waals surface area contributed by atoms with Gasteiger partial charge in [0.15, 0.2) is 0 Å². The number of aryl methyl sites for hydroxylation is 1. The summed E-state index contributed by atoms with van der Waals surface area (Å²) in [5, 5.41) is 3.10. The fourth-order valence-corrected chi connectivity index (χ4v) is 2.72. The molecule has 2 aromatic rings. The lowest BCUT2D eigenvalue weighted by atomic mass is 10.0. The first-order chi connectivity index (χ1) is 12.0. The minimum Gasteiger partial charge on any atom is -0.494 e. The molecule has 0 unspecified atom stereocenters. The predicted octanol–water partition coefficient (Wildman–Crippen LogP) is 3.22. The molecule has 5 nitrogen and oxygen atoms in total. The number of imide groups is 1. The lowest BCUT2D eigenvalue weighted by Gasteiger charge is -2.10. The summed E-state index contributed by atoms with van der Waals surface area (Å²) >= 11 is 0. The topological polar surface area (TPSA) is 58.6 Å². The van der Waals surface area contributed by atoms with E-state index in [4.69, 9.17) is 4.74 Å². The smallest absolute Gasteiger partial charge is 0.277 e. The molecule has 0 saturated heterocycles. The summed E-state index contributed by atoms with van der Waals surface area (Å²) in [6, 6.07) is 14.9. The number of hydrogen-bond acceptors (Lipinski definition) is 4. The summed E-state index contributed by atoms with van der Waals surface area (Å²) in [4.78, 5) is 26.2. The van der Waals surface area contributed by atoms with Gasteiger partial charge in [0, 0.05) is 18.8 Å². The lowest BCUT2D eigenvalue weighted by Crippen LogP contribution is -2.27. The number of amides is 2. The van der Waals surface area contributed by atoms with Gasteiger partial charge in [-0.1, -0.05) is 35.9 Å². The SMILES string of the molecule is CCOc1cccc(NC2=C(c3ccc(C)cc3)C(=O)N(C)C2=O)c1. The molecule has 0 fully saturated rings. The van der Waals surface area contributed by atoms with Gasteiger partial charge in [-0.05, 0) is 31.5 Å². The van der Waals surface area contributed by atoms with E-state index in [9.17, 15) is 9.59 Å². The number of carbonyl (C=O) groups is 2. The second-order valence-corrected chi connectivity index (χ2v) is 5.87. The molecule has 1 N–H and O–H groups in total. The summed E-state index contributed by atoms with van der Waals surface area (Å²) in [6.07, 6.45) is 0. The van der Waals surface area contributed by atoms with Crippen LogP contribution in [-0.2, 0) is 9.59 Å². The third-order valence-corrected chi connectivity index (χ3v) is 4.04. The Balaban J connectivity index is 2.02. The first-order valence-electron chi connectivity index (χ1n) is 8.15. The summed E-state index contributed by atoms with van der Waals surface area (Å²) in [7, 11) is 1.49. The summed E-state index contributed by atoms with van der Waals surface area (Å²) in [5.74, 6) is 0.0508. The highest BCUT2D eigenvalue weighted by molar-refractivity contribution is 6.36. The van der Waals surface area contributed by atoms with Crippen LogP contribution in [0.1, 0.15) is 18.1 Å². The summed E-state index contributed by atoms with van der Waals surface area (Å²) < 4.78 is 5.49. The van der Waals surface area contributed by atoms with Crippen molar-refractivity contribution in [2.45, 2.75) is 13.8 Å². The number of hydrogen-bond donors (Lipinski definition) is 1. The van der Waals surface area contributed by atoms with Crippen LogP contribution in [-0.4, -0.2) is 30.4 Å². The molecule has 0 radical (unpaired) electrons. The molecule has 1 heterocycles. The van der Waals surface area contributed by atoms with Gasteiger partial charge in [0.2, 0.25) is 0 Å². The van der Waals surface area contributed by atoms with Crippen molar-refractivity contribution in [1.29, 1.82) is 0 Å².